The number of aliphatic hydroxyl groups is 1. The maximum Gasteiger partial charge on any atom is 0.190 e. The van der Waals surface area contributed by atoms with Crippen LogP contribution in [0.1, 0.15) is 44.9 Å². The van der Waals surface area contributed by atoms with Crippen LogP contribution in [0.15, 0.2) is 11.1 Å². The average molecular weight is 192 g/mol. The Hall–Kier alpha value is -0.630. The quantitative estimate of drug-likeness (QED) is 0.637. The summed E-state index contributed by atoms with van der Waals surface area (Å²) in [6.07, 6.45) is 7.03. The molecule has 2 atom stereocenters. The minimum Gasteiger partial charge on any atom is -0.381 e. The van der Waals surface area contributed by atoms with Gasteiger partial charge in [-0.1, -0.05) is 18.4 Å². The van der Waals surface area contributed by atoms with Crippen LogP contribution in [0.2, 0.25) is 0 Å². The Bertz CT molecular complexity index is 329. The zero-order valence-corrected chi connectivity index (χ0v) is 8.38. The van der Waals surface area contributed by atoms with Crippen molar-refractivity contribution < 1.29 is 9.90 Å². The van der Waals surface area contributed by atoms with Gasteiger partial charge in [0.25, 0.3) is 0 Å². The van der Waals surface area contributed by atoms with Crippen LogP contribution < -0.4 is 0 Å². The molecule has 0 bridgehead atoms. The lowest BCUT2D eigenvalue weighted by molar-refractivity contribution is -0.138. The molecule has 3 rings (SSSR count). The van der Waals surface area contributed by atoms with Gasteiger partial charge in [-0.05, 0) is 37.7 Å². The summed E-state index contributed by atoms with van der Waals surface area (Å²) >= 11 is 0. The van der Waals surface area contributed by atoms with Crippen molar-refractivity contribution in [3.63, 3.8) is 0 Å². The van der Waals surface area contributed by atoms with E-state index in [-0.39, 0.29) is 11.7 Å². The maximum atomic E-state index is 12.0. The summed E-state index contributed by atoms with van der Waals surface area (Å²) in [5.74, 6) is 0.274. The number of rotatable bonds is 0. The minimum absolute atomic E-state index is 0.0784. The Morgan fingerprint density at radius 3 is 2.93 bits per heavy atom. The lowest BCUT2D eigenvalue weighted by atomic mass is 9.73. The van der Waals surface area contributed by atoms with Crippen molar-refractivity contribution in [1.29, 1.82) is 0 Å². The van der Waals surface area contributed by atoms with Crippen molar-refractivity contribution in [1.82, 2.24) is 0 Å². The molecular weight excluding hydrogens is 176 g/mol. The number of hydrogen-bond acceptors (Lipinski definition) is 2. The minimum atomic E-state index is -0.969. The van der Waals surface area contributed by atoms with E-state index < -0.39 is 5.60 Å². The van der Waals surface area contributed by atoms with E-state index in [0.29, 0.717) is 6.42 Å². The highest BCUT2D eigenvalue weighted by molar-refractivity contribution is 6.06. The van der Waals surface area contributed by atoms with E-state index in [1.807, 2.05) is 0 Å². The number of Topliss-reactive ketones (excluding diaryl/α,β-unsaturated/α-hetero) is 1. The van der Waals surface area contributed by atoms with Crippen LogP contribution in [-0.2, 0) is 4.79 Å². The lowest BCUT2D eigenvalue weighted by Gasteiger charge is -2.35. The highest BCUT2D eigenvalue weighted by Crippen LogP contribution is 2.51. The van der Waals surface area contributed by atoms with E-state index >= 15 is 0 Å². The SMILES string of the molecule is O=C1C2=C(CCC2)[C@@H]2CCCC[C@]12O. The third-order valence-corrected chi connectivity index (χ3v) is 4.23. The van der Waals surface area contributed by atoms with E-state index in [2.05, 4.69) is 0 Å². The fourth-order valence-electron chi connectivity index (χ4n) is 3.56. The molecule has 1 N–H and O–H groups in total. The van der Waals surface area contributed by atoms with Crippen molar-refractivity contribution in [3.05, 3.63) is 11.1 Å². The summed E-state index contributed by atoms with van der Waals surface area (Å²) < 4.78 is 0. The van der Waals surface area contributed by atoms with Crippen LogP contribution in [0.3, 0.4) is 0 Å². The molecule has 14 heavy (non-hydrogen) atoms. The van der Waals surface area contributed by atoms with Gasteiger partial charge < -0.3 is 5.11 Å². The van der Waals surface area contributed by atoms with Crippen LogP contribution in [0.5, 0.6) is 0 Å². The Kier molecular flexibility index (Phi) is 1.67. The van der Waals surface area contributed by atoms with Crippen LogP contribution in [0, 0.1) is 5.92 Å². The van der Waals surface area contributed by atoms with Gasteiger partial charge in [-0.3, -0.25) is 4.79 Å². The van der Waals surface area contributed by atoms with Gasteiger partial charge in [-0.2, -0.15) is 0 Å². The number of fused-ring (bicyclic) bond motifs is 2. The molecule has 76 valence electrons. The first-order chi connectivity index (χ1) is 6.73. The van der Waals surface area contributed by atoms with Gasteiger partial charge in [0.1, 0.15) is 5.60 Å². The largest absolute Gasteiger partial charge is 0.381 e. The Morgan fingerprint density at radius 1 is 1.21 bits per heavy atom. The van der Waals surface area contributed by atoms with E-state index in [1.165, 1.54) is 12.0 Å². The second-order valence-electron chi connectivity index (χ2n) is 4.91. The van der Waals surface area contributed by atoms with Crippen LogP contribution in [-0.4, -0.2) is 16.5 Å². The molecule has 2 nitrogen and oxygen atoms in total. The van der Waals surface area contributed by atoms with Gasteiger partial charge in [0.2, 0.25) is 0 Å². The fourth-order valence-corrected chi connectivity index (χ4v) is 3.56. The first-order valence-electron chi connectivity index (χ1n) is 5.72. The van der Waals surface area contributed by atoms with Crippen molar-refractivity contribution in [2.75, 3.05) is 0 Å². The summed E-state index contributed by atoms with van der Waals surface area (Å²) in [6, 6.07) is 0. The molecule has 0 radical (unpaired) electrons. The monoisotopic (exact) mass is 192 g/mol. The van der Waals surface area contributed by atoms with Crippen molar-refractivity contribution >= 4 is 5.78 Å². The molecule has 2 heteroatoms. The Morgan fingerprint density at radius 2 is 2.07 bits per heavy atom. The zero-order valence-electron chi connectivity index (χ0n) is 8.38. The van der Waals surface area contributed by atoms with Gasteiger partial charge in [0, 0.05) is 5.92 Å². The van der Waals surface area contributed by atoms with Gasteiger partial charge in [0.15, 0.2) is 5.78 Å². The van der Waals surface area contributed by atoms with Gasteiger partial charge in [0.05, 0.1) is 0 Å². The Labute approximate surface area is 84.0 Å². The van der Waals surface area contributed by atoms with Crippen LogP contribution >= 0.6 is 0 Å². The summed E-state index contributed by atoms with van der Waals surface area (Å²) in [5, 5.41) is 10.4. The summed E-state index contributed by atoms with van der Waals surface area (Å²) in [5.41, 5.74) is 1.35. The molecule has 1 saturated carbocycles. The highest BCUT2D eigenvalue weighted by Gasteiger charge is 2.54. The molecule has 0 amide bonds. The predicted octanol–water partition coefficient (Wildman–Crippen LogP) is 1.97. The molecule has 1 fully saturated rings. The second-order valence-corrected chi connectivity index (χ2v) is 4.91. The first kappa shape index (κ1) is 8.66. The van der Waals surface area contributed by atoms with Crippen molar-refractivity contribution in [3.8, 4) is 0 Å². The normalized spacial score (nSPS) is 41.5. The van der Waals surface area contributed by atoms with Crippen molar-refractivity contribution in [2.45, 2.75) is 50.5 Å². The number of carbonyl (C=O) groups excluding carboxylic acids is 1. The van der Waals surface area contributed by atoms with Crippen LogP contribution in [0.25, 0.3) is 0 Å². The van der Waals surface area contributed by atoms with E-state index in [9.17, 15) is 9.90 Å². The molecule has 0 aliphatic heterocycles. The molecule has 0 saturated heterocycles. The summed E-state index contributed by atoms with van der Waals surface area (Å²) in [7, 11) is 0. The zero-order chi connectivity index (χ0) is 9.76. The van der Waals surface area contributed by atoms with Crippen molar-refractivity contribution in [2.24, 2.45) is 5.92 Å². The predicted molar refractivity (Wildman–Crippen MR) is 52.8 cm³/mol. The van der Waals surface area contributed by atoms with E-state index in [1.54, 1.807) is 0 Å². The number of carbonyl (C=O) groups is 1. The molecule has 0 aromatic carbocycles. The molecule has 3 aliphatic carbocycles. The average Bonchev–Trinajstić information content (AvgIpc) is 2.71. The molecule has 0 unspecified atom stereocenters. The molecule has 3 aliphatic rings. The molecule has 0 spiro atoms. The van der Waals surface area contributed by atoms with Crippen LogP contribution in [0.4, 0.5) is 0 Å². The third-order valence-electron chi connectivity index (χ3n) is 4.23. The smallest absolute Gasteiger partial charge is 0.190 e. The topological polar surface area (TPSA) is 37.3 Å². The molecule has 0 aromatic heterocycles. The summed E-state index contributed by atoms with van der Waals surface area (Å²) in [6.45, 7) is 0. The second kappa shape index (κ2) is 2.69. The van der Waals surface area contributed by atoms with E-state index in [4.69, 9.17) is 0 Å². The molecule has 0 heterocycles. The summed E-state index contributed by atoms with van der Waals surface area (Å²) in [4.78, 5) is 12.0. The Balaban J connectivity index is 2.04. The van der Waals surface area contributed by atoms with Gasteiger partial charge >= 0.3 is 0 Å². The van der Waals surface area contributed by atoms with E-state index in [0.717, 1.165) is 37.7 Å². The number of ketones is 1. The van der Waals surface area contributed by atoms with Gasteiger partial charge in [-0.15, -0.1) is 0 Å². The standard InChI is InChI=1S/C12H16O2/c13-11-9-5-3-4-8(9)10-6-1-2-7-12(10,11)14/h10,14H,1-7H2/t10-,12+/m0/s1. The lowest BCUT2D eigenvalue weighted by Crippen LogP contribution is -2.44. The third kappa shape index (κ3) is 0.876. The molecule has 0 aromatic rings. The fraction of sp³-hybridized carbons (Fsp3) is 0.750. The highest BCUT2D eigenvalue weighted by atomic mass is 16.3. The maximum absolute atomic E-state index is 12.0. The molecular formula is C12H16O2. The first-order valence-corrected chi connectivity index (χ1v) is 5.72. The van der Waals surface area contributed by atoms with Gasteiger partial charge in [-0.25, -0.2) is 0 Å². The number of hydrogen-bond donors (Lipinski definition) is 1.